The maximum Gasteiger partial charge on any atom is 0.268 e. The van der Waals surface area contributed by atoms with Crippen LogP contribution in [0, 0.1) is 6.92 Å². The number of methoxy groups -OCH3 is 1. The van der Waals surface area contributed by atoms with Crippen LogP contribution in [0.15, 0.2) is 59.1 Å². The predicted molar refractivity (Wildman–Crippen MR) is 116 cm³/mol. The molecule has 4 rings (SSSR count). The third kappa shape index (κ3) is 4.13. The Hall–Kier alpha value is -4.07. The maximum atomic E-state index is 12.1. The molecule has 0 unspecified atom stereocenters. The number of hydrogen-bond acceptors (Lipinski definition) is 7. The van der Waals surface area contributed by atoms with Crippen molar-refractivity contribution in [1.29, 1.82) is 0 Å². The summed E-state index contributed by atoms with van der Waals surface area (Å²) in [5, 5.41) is 8.31. The molecule has 0 aliphatic heterocycles. The minimum absolute atomic E-state index is 0.0573. The number of benzene rings is 2. The summed E-state index contributed by atoms with van der Waals surface area (Å²) in [6.45, 7) is 1.83. The minimum Gasteiger partial charge on any atom is -0.497 e. The fourth-order valence-corrected chi connectivity index (χ4v) is 3.02. The molecule has 156 valence electrons. The van der Waals surface area contributed by atoms with Crippen LogP contribution in [0.5, 0.6) is 5.75 Å². The van der Waals surface area contributed by atoms with E-state index in [1.54, 1.807) is 39.5 Å². The van der Waals surface area contributed by atoms with E-state index in [1.165, 1.54) is 4.90 Å². The number of hydrogen-bond donors (Lipinski definition) is 0. The van der Waals surface area contributed by atoms with Crippen LogP contribution in [-0.4, -0.2) is 52.2 Å². The van der Waals surface area contributed by atoms with Gasteiger partial charge in [-0.1, -0.05) is 18.2 Å². The van der Waals surface area contributed by atoms with Crippen molar-refractivity contribution in [3.05, 3.63) is 66.0 Å². The van der Waals surface area contributed by atoms with Gasteiger partial charge in [-0.25, -0.2) is 4.98 Å². The molecule has 2 aromatic heterocycles. The van der Waals surface area contributed by atoms with E-state index in [2.05, 4.69) is 20.2 Å². The molecule has 4 aromatic rings. The Kier molecular flexibility index (Phi) is 5.44. The van der Waals surface area contributed by atoms with Crippen molar-refractivity contribution in [3.63, 3.8) is 0 Å². The summed E-state index contributed by atoms with van der Waals surface area (Å²) in [5.74, 6) is 1.29. The molecular formula is C23H21N5O3. The Labute approximate surface area is 179 Å². The lowest BCUT2D eigenvalue weighted by molar-refractivity contribution is 0.0827. The summed E-state index contributed by atoms with van der Waals surface area (Å²) in [6, 6.07) is 14.6. The molecule has 8 nitrogen and oxygen atoms in total. The van der Waals surface area contributed by atoms with E-state index < -0.39 is 0 Å². The van der Waals surface area contributed by atoms with E-state index >= 15 is 0 Å². The molecule has 0 atom stereocenters. The van der Waals surface area contributed by atoms with Crippen LogP contribution in [0.1, 0.15) is 16.1 Å². The van der Waals surface area contributed by atoms with E-state index in [-0.39, 0.29) is 11.8 Å². The Balaban J connectivity index is 1.66. The molecule has 0 bridgehead atoms. The second-order valence-corrected chi connectivity index (χ2v) is 7.11. The van der Waals surface area contributed by atoms with Gasteiger partial charge in [0.2, 0.25) is 5.89 Å². The van der Waals surface area contributed by atoms with Crippen LogP contribution in [-0.2, 0) is 0 Å². The molecule has 0 spiro atoms. The Morgan fingerprint density at radius 3 is 2.45 bits per heavy atom. The molecule has 0 saturated carbocycles. The van der Waals surface area contributed by atoms with Crippen molar-refractivity contribution >= 4 is 5.91 Å². The van der Waals surface area contributed by atoms with Crippen molar-refractivity contribution in [3.8, 4) is 40.0 Å². The second kappa shape index (κ2) is 8.35. The van der Waals surface area contributed by atoms with Gasteiger partial charge in [-0.2, -0.15) is 0 Å². The molecule has 31 heavy (non-hydrogen) atoms. The van der Waals surface area contributed by atoms with Gasteiger partial charge in [-0.3, -0.25) is 9.78 Å². The van der Waals surface area contributed by atoms with E-state index in [0.29, 0.717) is 34.3 Å². The fraction of sp³-hybridized carbons (Fsp3) is 0.174. The number of aromatic nitrogens is 4. The number of rotatable bonds is 5. The summed E-state index contributed by atoms with van der Waals surface area (Å²) in [4.78, 5) is 22.8. The monoisotopic (exact) mass is 415 g/mol. The number of aryl methyl sites for hydroxylation is 1. The van der Waals surface area contributed by atoms with Crippen molar-refractivity contribution < 1.29 is 13.9 Å². The van der Waals surface area contributed by atoms with Crippen molar-refractivity contribution in [2.45, 2.75) is 6.92 Å². The van der Waals surface area contributed by atoms with Gasteiger partial charge >= 0.3 is 0 Å². The predicted octanol–water partition coefficient (Wildman–Crippen LogP) is 3.88. The minimum atomic E-state index is -0.0573. The third-order valence-corrected chi connectivity index (χ3v) is 4.73. The molecule has 0 radical (unpaired) electrons. The molecule has 1 amide bonds. The first-order chi connectivity index (χ1) is 15.0. The SMILES string of the molecule is COc1cccc(-c2nnc(-c3nc(-c4ccc(C(=O)N(C)C)cc4)cnc3C)o2)c1. The molecule has 0 aliphatic carbocycles. The van der Waals surface area contributed by atoms with Crippen molar-refractivity contribution in [1.82, 2.24) is 25.1 Å². The Morgan fingerprint density at radius 1 is 1.00 bits per heavy atom. The molecular weight excluding hydrogens is 394 g/mol. The zero-order valence-electron chi connectivity index (χ0n) is 17.7. The average Bonchev–Trinajstić information content (AvgIpc) is 3.29. The summed E-state index contributed by atoms with van der Waals surface area (Å²) < 4.78 is 11.1. The van der Waals surface area contributed by atoms with Crippen LogP contribution in [0.3, 0.4) is 0 Å². The summed E-state index contributed by atoms with van der Waals surface area (Å²) in [7, 11) is 5.04. The Bertz CT molecular complexity index is 1230. The van der Waals surface area contributed by atoms with Gasteiger partial charge in [0.05, 0.1) is 24.7 Å². The van der Waals surface area contributed by atoms with Gasteiger partial charge in [0.25, 0.3) is 11.8 Å². The van der Waals surface area contributed by atoms with Gasteiger partial charge in [-0.15, -0.1) is 10.2 Å². The highest BCUT2D eigenvalue weighted by Crippen LogP contribution is 2.28. The highest BCUT2D eigenvalue weighted by molar-refractivity contribution is 5.94. The highest BCUT2D eigenvalue weighted by atomic mass is 16.5. The largest absolute Gasteiger partial charge is 0.497 e. The lowest BCUT2D eigenvalue weighted by atomic mass is 10.1. The number of amides is 1. The van der Waals surface area contributed by atoms with Gasteiger partial charge in [0.15, 0.2) is 0 Å². The number of ether oxygens (including phenoxy) is 1. The number of carbonyl (C=O) groups is 1. The van der Waals surface area contributed by atoms with E-state index in [4.69, 9.17) is 9.15 Å². The number of nitrogens with zero attached hydrogens (tertiary/aromatic N) is 5. The quantitative estimate of drug-likeness (QED) is 0.488. The maximum absolute atomic E-state index is 12.1. The Morgan fingerprint density at radius 2 is 1.74 bits per heavy atom. The van der Waals surface area contributed by atoms with Crippen LogP contribution >= 0.6 is 0 Å². The molecule has 0 N–H and O–H groups in total. The molecule has 2 aromatic carbocycles. The topological polar surface area (TPSA) is 94.2 Å². The lowest BCUT2D eigenvalue weighted by Crippen LogP contribution is -2.21. The molecule has 2 heterocycles. The van der Waals surface area contributed by atoms with E-state index in [1.807, 2.05) is 43.3 Å². The summed E-state index contributed by atoms with van der Waals surface area (Å²) in [5.41, 5.74) is 4.01. The van der Waals surface area contributed by atoms with Crippen LogP contribution < -0.4 is 4.74 Å². The van der Waals surface area contributed by atoms with Gasteiger partial charge < -0.3 is 14.1 Å². The van der Waals surface area contributed by atoms with E-state index in [9.17, 15) is 4.79 Å². The first kappa shape index (κ1) is 20.2. The van der Waals surface area contributed by atoms with Crippen LogP contribution in [0.4, 0.5) is 0 Å². The van der Waals surface area contributed by atoms with Crippen molar-refractivity contribution in [2.75, 3.05) is 21.2 Å². The second-order valence-electron chi connectivity index (χ2n) is 7.11. The molecule has 8 heteroatoms. The third-order valence-electron chi connectivity index (χ3n) is 4.73. The van der Waals surface area contributed by atoms with Gasteiger partial charge in [0.1, 0.15) is 11.4 Å². The lowest BCUT2D eigenvalue weighted by Gasteiger charge is -2.10. The number of carbonyl (C=O) groups excluding carboxylic acids is 1. The van der Waals surface area contributed by atoms with Crippen LogP contribution in [0.25, 0.3) is 34.3 Å². The smallest absolute Gasteiger partial charge is 0.268 e. The first-order valence-corrected chi connectivity index (χ1v) is 9.60. The molecule has 0 fully saturated rings. The van der Waals surface area contributed by atoms with Crippen molar-refractivity contribution in [2.24, 2.45) is 0 Å². The fourth-order valence-electron chi connectivity index (χ4n) is 3.02. The zero-order chi connectivity index (χ0) is 22.0. The summed E-state index contributed by atoms with van der Waals surface area (Å²) >= 11 is 0. The van der Waals surface area contributed by atoms with Gasteiger partial charge in [0, 0.05) is 30.8 Å². The summed E-state index contributed by atoms with van der Waals surface area (Å²) in [6.07, 6.45) is 1.68. The normalized spacial score (nSPS) is 10.7. The molecule has 0 aliphatic rings. The average molecular weight is 415 g/mol. The zero-order valence-corrected chi connectivity index (χ0v) is 17.7. The highest BCUT2D eigenvalue weighted by Gasteiger charge is 2.17. The van der Waals surface area contributed by atoms with E-state index in [0.717, 1.165) is 11.1 Å². The molecule has 0 saturated heterocycles. The first-order valence-electron chi connectivity index (χ1n) is 9.60. The van der Waals surface area contributed by atoms with Gasteiger partial charge in [-0.05, 0) is 37.3 Å². The van der Waals surface area contributed by atoms with Crippen LogP contribution in [0.2, 0.25) is 0 Å². The standard InChI is InChI=1S/C23H21N5O3/c1-14-20(22-27-26-21(31-22)17-6-5-7-18(12-17)30-4)25-19(13-24-14)15-8-10-16(11-9-15)23(29)28(2)3/h5-13H,1-4H3.